The van der Waals surface area contributed by atoms with Gasteiger partial charge in [0.1, 0.15) is 5.76 Å². The van der Waals surface area contributed by atoms with Crippen LogP contribution in [-0.2, 0) is 13.0 Å². The highest BCUT2D eigenvalue weighted by Crippen LogP contribution is 2.37. The summed E-state index contributed by atoms with van der Waals surface area (Å²) in [6.07, 6.45) is 3.38. The van der Waals surface area contributed by atoms with E-state index in [9.17, 15) is 0 Å². The molecule has 1 saturated heterocycles. The van der Waals surface area contributed by atoms with Gasteiger partial charge in [0, 0.05) is 24.6 Å². The lowest BCUT2D eigenvalue weighted by atomic mass is 10.00. The van der Waals surface area contributed by atoms with E-state index >= 15 is 0 Å². The van der Waals surface area contributed by atoms with E-state index < -0.39 is 0 Å². The Morgan fingerprint density at radius 3 is 2.86 bits per heavy atom. The number of aromatic nitrogens is 1. The average Bonchev–Trinajstić information content (AvgIpc) is 3.08. The van der Waals surface area contributed by atoms with Gasteiger partial charge < -0.3 is 4.52 Å². The van der Waals surface area contributed by atoms with Gasteiger partial charge in [-0.15, -0.1) is 0 Å². The maximum Gasteiger partial charge on any atom is 0.141 e. The molecule has 3 rings (SSSR count). The molecule has 1 aliphatic heterocycles. The summed E-state index contributed by atoms with van der Waals surface area (Å²) in [4.78, 5) is 2.60. The van der Waals surface area contributed by atoms with Gasteiger partial charge in [-0.3, -0.25) is 4.90 Å². The first kappa shape index (κ1) is 15.3. The van der Waals surface area contributed by atoms with Gasteiger partial charge >= 0.3 is 0 Å². The van der Waals surface area contributed by atoms with E-state index in [4.69, 9.17) is 4.52 Å². The van der Waals surface area contributed by atoms with Crippen molar-refractivity contribution in [2.24, 2.45) is 0 Å². The first-order valence-corrected chi connectivity index (χ1v) is 8.35. The van der Waals surface area contributed by atoms with Crippen molar-refractivity contribution in [2.45, 2.75) is 59.5 Å². The summed E-state index contributed by atoms with van der Waals surface area (Å²) in [6.45, 7) is 10.8. The van der Waals surface area contributed by atoms with Gasteiger partial charge in [-0.2, -0.15) is 0 Å². The topological polar surface area (TPSA) is 29.3 Å². The first-order valence-electron chi connectivity index (χ1n) is 8.35. The Morgan fingerprint density at radius 1 is 1.27 bits per heavy atom. The van der Waals surface area contributed by atoms with Crippen LogP contribution in [0, 0.1) is 20.8 Å². The minimum Gasteiger partial charge on any atom is -0.361 e. The number of benzene rings is 1. The standard InChI is InChI=1S/C19H26N2O/c1-5-18-19(15(4)20-22-18)17-7-6-10-21(17)12-16-11-13(2)8-9-14(16)3/h8-9,11,17H,5-7,10,12H2,1-4H3/t17-/m1/s1. The minimum atomic E-state index is 0.459. The van der Waals surface area contributed by atoms with Crippen LogP contribution in [0.3, 0.4) is 0 Å². The summed E-state index contributed by atoms with van der Waals surface area (Å²) >= 11 is 0. The van der Waals surface area contributed by atoms with Gasteiger partial charge in [0.25, 0.3) is 0 Å². The Morgan fingerprint density at radius 2 is 2.09 bits per heavy atom. The van der Waals surface area contributed by atoms with Crippen LogP contribution in [0.5, 0.6) is 0 Å². The predicted molar refractivity (Wildman–Crippen MR) is 88.9 cm³/mol. The molecule has 1 aromatic carbocycles. The zero-order valence-electron chi connectivity index (χ0n) is 14.1. The normalized spacial score (nSPS) is 19.0. The van der Waals surface area contributed by atoms with Gasteiger partial charge in [-0.1, -0.05) is 35.8 Å². The molecule has 0 amide bonds. The third kappa shape index (κ3) is 2.82. The Hall–Kier alpha value is -1.61. The third-order valence-corrected chi connectivity index (χ3v) is 4.88. The molecule has 0 saturated carbocycles. The lowest BCUT2D eigenvalue weighted by Crippen LogP contribution is -2.24. The van der Waals surface area contributed by atoms with Crippen molar-refractivity contribution in [3.05, 3.63) is 51.9 Å². The molecule has 0 unspecified atom stereocenters. The number of nitrogens with zero attached hydrogens (tertiary/aromatic N) is 2. The second-order valence-corrected chi connectivity index (χ2v) is 6.52. The fraction of sp³-hybridized carbons (Fsp3) is 0.526. The highest BCUT2D eigenvalue weighted by molar-refractivity contribution is 5.32. The van der Waals surface area contributed by atoms with Crippen LogP contribution in [0.2, 0.25) is 0 Å². The molecule has 0 spiro atoms. The average molecular weight is 298 g/mol. The quantitative estimate of drug-likeness (QED) is 0.832. The van der Waals surface area contributed by atoms with Gasteiger partial charge in [-0.05, 0) is 51.3 Å². The lowest BCUT2D eigenvalue weighted by molar-refractivity contribution is 0.244. The summed E-state index contributed by atoms with van der Waals surface area (Å²) in [5.41, 5.74) is 6.57. The Kier molecular flexibility index (Phi) is 4.34. The number of likely N-dealkylation sites (tertiary alicyclic amines) is 1. The Balaban J connectivity index is 1.87. The highest BCUT2D eigenvalue weighted by Gasteiger charge is 2.31. The highest BCUT2D eigenvalue weighted by atomic mass is 16.5. The minimum absolute atomic E-state index is 0.459. The molecule has 3 nitrogen and oxygen atoms in total. The number of hydrogen-bond donors (Lipinski definition) is 0. The molecule has 1 aliphatic rings. The lowest BCUT2D eigenvalue weighted by Gasteiger charge is -2.25. The van der Waals surface area contributed by atoms with Crippen molar-refractivity contribution in [3.8, 4) is 0 Å². The summed E-state index contributed by atoms with van der Waals surface area (Å²) < 4.78 is 5.52. The molecule has 1 atom stereocenters. The molecule has 1 fully saturated rings. The molecule has 3 heteroatoms. The molecule has 2 aromatic rings. The van der Waals surface area contributed by atoms with Crippen LogP contribution in [0.4, 0.5) is 0 Å². The van der Waals surface area contributed by atoms with E-state index in [0.717, 1.165) is 31.0 Å². The molecule has 22 heavy (non-hydrogen) atoms. The summed E-state index contributed by atoms with van der Waals surface area (Å²) in [5.74, 6) is 1.07. The molecular weight excluding hydrogens is 272 g/mol. The van der Waals surface area contributed by atoms with Gasteiger partial charge in [-0.25, -0.2) is 0 Å². The van der Waals surface area contributed by atoms with Gasteiger partial charge in [0.15, 0.2) is 0 Å². The van der Waals surface area contributed by atoms with Crippen molar-refractivity contribution in [1.29, 1.82) is 0 Å². The molecule has 118 valence electrons. The maximum absolute atomic E-state index is 5.52. The fourth-order valence-corrected chi connectivity index (χ4v) is 3.64. The van der Waals surface area contributed by atoms with Crippen LogP contribution in [-0.4, -0.2) is 16.6 Å². The van der Waals surface area contributed by atoms with Crippen LogP contribution in [0.15, 0.2) is 22.7 Å². The summed E-state index contributed by atoms with van der Waals surface area (Å²) in [5, 5.41) is 4.20. The van der Waals surface area contributed by atoms with Crippen LogP contribution < -0.4 is 0 Å². The zero-order valence-corrected chi connectivity index (χ0v) is 14.1. The largest absolute Gasteiger partial charge is 0.361 e. The molecule has 2 heterocycles. The van der Waals surface area contributed by atoms with Gasteiger partial charge in [0.05, 0.1) is 5.69 Å². The molecule has 0 aliphatic carbocycles. The first-order chi connectivity index (χ1) is 10.6. The van der Waals surface area contributed by atoms with E-state index in [0.29, 0.717) is 6.04 Å². The van der Waals surface area contributed by atoms with Crippen molar-refractivity contribution in [1.82, 2.24) is 10.1 Å². The SMILES string of the molecule is CCc1onc(C)c1[C@H]1CCCN1Cc1cc(C)ccc1C. The van der Waals surface area contributed by atoms with E-state index in [1.807, 2.05) is 0 Å². The molecule has 0 bridgehead atoms. The van der Waals surface area contributed by atoms with E-state index in [1.165, 1.54) is 35.1 Å². The molecule has 0 radical (unpaired) electrons. The molecule has 0 N–H and O–H groups in total. The zero-order chi connectivity index (χ0) is 15.7. The second-order valence-electron chi connectivity index (χ2n) is 6.52. The van der Waals surface area contributed by atoms with E-state index in [-0.39, 0.29) is 0 Å². The maximum atomic E-state index is 5.52. The molecular formula is C19H26N2O. The smallest absolute Gasteiger partial charge is 0.141 e. The van der Waals surface area contributed by atoms with Gasteiger partial charge in [0.2, 0.25) is 0 Å². The Bertz CT molecular complexity index is 659. The monoisotopic (exact) mass is 298 g/mol. The number of aryl methyl sites for hydroxylation is 4. The number of rotatable bonds is 4. The predicted octanol–water partition coefficient (Wildman–Crippen LogP) is 4.50. The van der Waals surface area contributed by atoms with Crippen molar-refractivity contribution in [3.63, 3.8) is 0 Å². The number of hydrogen-bond acceptors (Lipinski definition) is 3. The van der Waals surface area contributed by atoms with E-state index in [2.05, 4.69) is 56.0 Å². The van der Waals surface area contributed by atoms with Crippen molar-refractivity contribution < 1.29 is 4.52 Å². The van der Waals surface area contributed by atoms with Crippen molar-refractivity contribution >= 4 is 0 Å². The second kappa shape index (κ2) is 6.25. The Labute approximate surface area is 133 Å². The van der Waals surface area contributed by atoms with Crippen LogP contribution in [0.25, 0.3) is 0 Å². The summed E-state index contributed by atoms with van der Waals surface area (Å²) in [6, 6.07) is 7.21. The van der Waals surface area contributed by atoms with Crippen LogP contribution >= 0.6 is 0 Å². The van der Waals surface area contributed by atoms with E-state index in [1.54, 1.807) is 0 Å². The third-order valence-electron chi connectivity index (χ3n) is 4.88. The molecule has 1 aromatic heterocycles. The summed E-state index contributed by atoms with van der Waals surface area (Å²) in [7, 11) is 0. The van der Waals surface area contributed by atoms with Crippen molar-refractivity contribution in [2.75, 3.05) is 6.54 Å². The van der Waals surface area contributed by atoms with Crippen LogP contribution in [0.1, 0.15) is 59.5 Å². The fourth-order valence-electron chi connectivity index (χ4n) is 3.64.